The first-order chi connectivity index (χ1) is 8.69. The number of hydrogen-bond donors (Lipinski definition) is 0. The number of benzene rings is 1. The Hall–Kier alpha value is -0.995. The zero-order chi connectivity index (χ0) is 14.4. The first-order valence-electron chi connectivity index (χ1n) is 6.69. The Balaban J connectivity index is 2.43. The molecule has 0 spiro atoms. The third kappa shape index (κ3) is 2.28. The Morgan fingerprint density at radius 1 is 1.00 bits per heavy atom. The van der Waals surface area contributed by atoms with Gasteiger partial charge in [-0.3, -0.25) is 0 Å². The first kappa shape index (κ1) is 14.4. The van der Waals surface area contributed by atoms with E-state index in [-0.39, 0.29) is 18.3 Å². The summed E-state index contributed by atoms with van der Waals surface area (Å²) < 4.78 is 17.7. The van der Waals surface area contributed by atoms with Gasteiger partial charge in [-0.05, 0) is 52.7 Å². The molecule has 1 aromatic rings. The van der Waals surface area contributed by atoms with Crippen LogP contribution in [-0.2, 0) is 9.31 Å². The molecule has 1 saturated heterocycles. The lowest BCUT2D eigenvalue weighted by Gasteiger charge is -2.32. The smallest absolute Gasteiger partial charge is 0.497 e. The van der Waals surface area contributed by atoms with Crippen molar-refractivity contribution in [3.8, 4) is 5.75 Å². The molecule has 0 saturated carbocycles. The Morgan fingerprint density at radius 3 is 2.00 bits per heavy atom. The van der Waals surface area contributed by atoms with Crippen LogP contribution in [0.25, 0.3) is 0 Å². The minimum Gasteiger partial charge on any atom is -0.497 e. The van der Waals surface area contributed by atoms with E-state index in [2.05, 4.69) is 47.6 Å². The van der Waals surface area contributed by atoms with Crippen molar-refractivity contribution >= 4 is 12.6 Å². The van der Waals surface area contributed by atoms with Gasteiger partial charge in [0, 0.05) is 5.46 Å². The molecule has 0 bridgehead atoms. The van der Waals surface area contributed by atoms with E-state index in [1.165, 1.54) is 5.56 Å². The standard InChI is InChI=1S/C15H23BO3/c1-10-8-9-12(13(17-7)11(10)2)16-18-14(3,4)15(5,6)19-16/h8-9H,1-7H3. The third-order valence-electron chi connectivity index (χ3n) is 4.42. The van der Waals surface area contributed by atoms with Gasteiger partial charge in [0.05, 0.1) is 18.3 Å². The topological polar surface area (TPSA) is 27.7 Å². The number of hydrogen-bond acceptors (Lipinski definition) is 3. The highest BCUT2D eigenvalue weighted by atomic mass is 16.7. The van der Waals surface area contributed by atoms with Crippen LogP contribution >= 0.6 is 0 Å². The molecule has 0 aromatic heterocycles. The van der Waals surface area contributed by atoms with Crippen LogP contribution in [0.2, 0.25) is 0 Å². The van der Waals surface area contributed by atoms with E-state index in [1.54, 1.807) is 7.11 Å². The maximum absolute atomic E-state index is 6.09. The van der Waals surface area contributed by atoms with Crippen molar-refractivity contribution in [3.05, 3.63) is 23.3 Å². The monoisotopic (exact) mass is 262 g/mol. The van der Waals surface area contributed by atoms with Crippen LogP contribution in [0.3, 0.4) is 0 Å². The molecule has 0 radical (unpaired) electrons. The van der Waals surface area contributed by atoms with Gasteiger partial charge >= 0.3 is 7.12 Å². The van der Waals surface area contributed by atoms with Crippen molar-refractivity contribution in [1.29, 1.82) is 0 Å². The summed E-state index contributed by atoms with van der Waals surface area (Å²) in [6.07, 6.45) is 0. The maximum Gasteiger partial charge on any atom is 0.498 e. The van der Waals surface area contributed by atoms with Crippen molar-refractivity contribution in [2.24, 2.45) is 0 Å². The Labute approximate surface area is 116 Å². The average Bonchev–Trinajstić information content (AvgIpc) is 2.51. The van der Waals surface area contributed by atoms with E-state index >= 15 is 0 Å². The molecule has 0 aliphatic carbocycles. The molecule has 0 unspecified atom stereocenters. The molecule has 2 rings (SSSR count). The SMILES string of the molecule is COc1c(B2OC(C)(C)C(C)(C)O2)ccc(C)c1C. The molecule has 1 aromatic carbocycles. The molecule has 0 atom stereocenters. The van der Waals surface area contributed by atoms with Gasteiger partial charge in [-0.2, -0.15) is 0 Å². The second-order valence-electron chi connectivity index (χ2n) is 6.22. The highest BCUT2D eigenvalue weighted by molar-refractivity contribution is 6.63. The molecule has 1 fully saturated rings. The molecule has 1 heterocycles. The van der Waals surface area contributed by atoms with Crippen molar-refractivity contribution in [2.75, 3.05) is 7.11 Å². The number of methoxy groups -OCH3 is 1. The van der Waals surface area contributed by atoms with Crippen molar-refractivity contribution in [2.45, 2.75) is 52.7 Å². The van der Waals surface area contributed by atoms with Gasteiger partial charge in [0.1, 0.15) is 5.75 Å². The largest absolute Gasteiger partial charge is 0.498 e. The lowest BCUT2D eigenvalue weighted by atomic mass is 9.77. The van der Waals surface area contributed by atoms with Gasteiger partial charge in [0.2, 0.25) is 0 Å². The Bertz CT molecular complexity index is 478. The van der Waals surface area contributed by atoms with Gasteiger partial charge in [0.25, 0.3) is 0 Å². The summed E-state index contributed by atoms with van der Waals surface area (Å²) >= 11 is 0. The van der Waals surface area contributed by atoms with Crippen molar-refractivity contribution in [3.63, 3.8) is 0 Å². The molecular weight excluding hydrogens is 239 g/mol. The fourth-order valence-corrected chi connectivity index (χ4v) is 2.24. The number of ether oxygens (including phenoxy) is 1. The molecule has 19 heavy (non-hydrogen) atoms. The summed E-state index contributed by atoms with van der Waals surface area (Å²) in [5.74, 6) is 0.860. The van der Waals surface area contributed by atoms with E-state index in [4.69, 9.17) is 14.0 Å². The normalized spacial score (nSPS) is 20.7. The van der Waals surface area contributed by atoms with E-state index in [0.717, 1.165) is 16.8 Å². The second-order valence-corrected chi connectivity index (χ2v) is 6.22. The van der Waals surface area contributed by atoms with Gasteiger partial charge < -0.3 is 14.0 Å². The second kappa shape index (κ2) is 4.53. The van der Waals surface area contributed by atoms with E-state index in [0.29, 0.717) is 0 Å². The number of aryl methyl sites for hydroxylation is 1. The quantitative estimate of drug-likeness (QED) is 0.767. The van der Waals surface area contributed by atoms with Gasteiger partial charge in [-0.15, -0.1) is 0 Å². The summed E-state index contributed by atoms with van der Waals surface area (Å²) in [4.78, 5) is 0. The summed E-state index contributed by atoms with van der Waals surface area (Å²) in [6, 6.07) is 4.11. The van der Waals surface area contributed by atoms with Crippen LogP contribution < -0.4 is 10.2 Å². The fraction of sp³-hybridized carbons (Fsp3) is 0.600. The summed E-state index contributed by atoms with van der Waals surface area (Å²) in [6.45, 7) is 12.4. The van der Waals surface area contributed by atoms with Crippen LogP contribution in [0.5, 0.6) is 5.75 Å². The van der Waals surface area contributed by atoms with Crippen LogP contribution in [0.15, 0.2) is 12.1 Å². The van der Waals surface area contributed by atoms with Crippen molar-refractivity contribution in [1.82, 2.24) is 0 Å². The minimum atomic E-state index is -0.376. The third-order valence-corrected chi connectivity index (χ3v) is 4.42. The van der Waals surface area contributed by atoms with E-state index in [9.17, 15) is 0 Å². The minimum absolute atomic E-state index is 0.332. The molecule has 3 nitrogen and oxygen atoms in total. The van der Waals surface area contributed by atoms with Crippen LogP contribution in [0, 0.1) is 13.8 Å². The lowest BCUT2D eigenvalue weighted by Crippen LogP contribution is -2.41. The predicted molar refractivity (Wildman–Crippen MR) is 78.2 cm³/mol. The maximum atomic E-state index is 6.09. The predicted octanol–water partition coefficient (Wildman–Crippen LogP) is 2.61. The molecule has 0 N–H and O–H groups in total. The Morgan fingerprint density at radius 2 is 1.53 bits per heavy atom. The highest BCUT2D eigenvalue weighted by Gasteiger charge is 2.52. The average molecular weight is 262 g/mol. The summed E-state index contributed by atoms with van der Waals surface area (Å²) in [7, 11) is 1.32. The van der Waals surface area contributed by atoms with Gasteiger partial charge in [0.15, 0.2) is 0 Å². The fourth-order valence-electron chi connectivity index (χ4n) is 2.24. The van der Waals surface area contributed by atoms with E-state index < -0.39 is 0 Å². The Kier molecular flexibility index (Phi) is 3.44. The number of rotatable bonds is 2. The molecule has 1 aliphatic rings. The summed E-state index contributed by atoms with van der Waals surface area (Å²) in [5, 5.41) is 0. The summed E-state index contributed by atoms with van der Waals surface area (Å²) in [5.41, 5.74) is 2.64. The van der Waals surface area contributed by atoms with Crippen LogP contribution in [0.1, 0.15) is 38.8 Å². The molecule has 104 valence electrons. The van der Waals surface area contributed by atoms with Crippen LogP contribution in [0.4, 0.5) is 0 Å². The first-order valence-corrected chi connectivity index (χ1v) is 6.69. The van der Waals surface area contributed by atoms with Crippen LogP contribution in [-0.4, -0.2) is 25.4 Å². The highest BCUT2D eigenvalue weighted by Crippen LogP contribution is 2.37. The zero-order valence-electron chi connectivity index (χ0n) is 13.0. The van der Waals surface area contributed by atoms with Crippen molar-refractivity contribution < 1.29 is 14.0 Å². The molecule has 0 amide bonds. The zero-order valence-corrected chi connectivity index (χ0v) is 13.0. The lowest BCUT2D eigenvalue weighted by molar-refractivity contribution is 0.00578. The van der Waals surface area contributed by atoms with Gasteiger partial charge in [-0.1, -0.05) is 12.1 Å². The van der Waals surface area contributed by atoms with E-state index in [1.807, 2.05) is 6.07 Å². The molecule has 4 heteroatoms. The molecule has 1 aliphatic heterocycles. The molecular formula is C15H23BO3. The van der Waals surface area contributed by atoms with Gasteiger partial charge in [-0.25, -0.2) is 0 Å².